The van der Waals surface area contributed by atoms with Gasteiger partial charge in [-0.25, -0.2) is 4.39 Å². The zero-order chi connectivity index (χ0) is 13.8. The van der Waals surface area contributed by atoms with Gasteiger partial charge in [-0.3, -0.25) is 0 Å². The third kappa shape index (κ3) is 3.69. The average molecular weight is 264 g/mol. The molecule has 0 spiro atoms. The van der Waals surface area contributed by atoms with Crippen molar-refractivity contribution >= 4 is 5.69 Å². The van der Waals surface area contributed by atoms with Crippen LogP contribution < -0.4 is 10.6 Å². The average Bonchev–Trinajstić information content (AvgIpc) is 2.38. The van der Waals surface area contributed by atoms with Gasteiger partial charge in [0.25, 0.3) is 0 Å². The van der Waals surface area contributed by atoms with Gasteiger partial charge in [0.05, 0.1) is 0 Å². The number of anilines is 1. The molecule has 0 aromatic heterocycles. The Bertz CT molecular complexity index is 417. The van der Waals surface area contributed by atoms with Crippen molar-refractivity contribution in [2.45, 2.75) is 45.6 Å². The molecule has 19 heavy (non-hydrogen) atoms. The molecular weight excluding hydrogens is 239 g/mol. The van der Waals surface area contributed by atoms with E-state index in [2.05, 4.69) is 11.8 Å². The number of hydrogen-bond donors (Lipinski definition) is 1. The molecule has 1 aliphatic heterocycles. The van der Waals surface area contributed by atoms with E-state index in [0.717, 1.165) is 31.0 Å². The van der Waals surface area contributed by atoms with Crippen LogP contribution in [-0.2, 0) is 6.42 Å². The summed E-state index contributed by atoms with van der Waals surface area (Å²) in [5, 5.41) is 0. The molecule has 3 heteroatoms. The van der Waals surface area contributed by atoms with Gasteiger partial charge in [0.15, 0.2) is 0 Å². The third-order valence-electron chi connectivity index (χ3n) is 4.02. The van der Waals surface area contributed by atoms with E-state index in [0.29, 0.717) is 0 Å². The molecule has 0 amide bonds. The Morgan fingerprint density at radius 3 is 2.95 bits per heavy atom. The lowest BCUT2D eigenvalue weighted by atomic mass is 9.94. The quantitative estimate of drug-likeness (QED) is 0.903. The first-order valence-electron chi connectivity index (χ1n) is 7.39. The minimum absolute atomic E-state index is 0.0623. The predicted octanol–water partition coefficient (Wildman–Crippen LogP) is 3.34. The van der Waals surface area contributed by atoms with Crippen molar-refractivity contribution in [3.05, 3.63) is 29.6 Å². The second-order valence-electron chi connectivity index (χ2n) is 5.82. The van der Waals surface area contributed by atoms with Crippen molar-refractivity contribution in [3.63, 3.8) is 0 Å². The van der Waals surface area contributed by atoms with Gasteiger partial charge in [-0.1, -0.05) is 13.3 Å². The standard InChI is InChI=1S/C16H25FN2/c1-3-13-5-4-8-19(11-13)16-7-6-15(17)10-14(16)9-12(2)18/h6-7,10,12-13H,3-5,8-9,11,18H2,1-2H3. The summed E-state index contributed by atoms with van der Waals surface area (Å²) in [5.41, 5.74) is 8.11. The zero-order valence-electron chi connectivity index (χ0n) is 12.0. The van der Waals surface area contributed by atoms with E-state index in [1.807, 2.05) is 13.0 Å². The number of nitrogens with two attached hydrogens (primary N) is 1. The number of piperidine rings is 1. The summed E-state index contributed by atoms with van der Waals surface area (Å²) < 4.78 is 13.4. The highest BCUT2D eigenvalue weighted by molar-refractivity contribution is 5.54. The second kappa shape index (κ2) is 6.38. The molecule has 2 N–H and O–H groups in total. The van der Waals surface area contributed by atoms with Crippen LogP contribution in [-0.4, -0.2) is 19.1 Å². The first-order valence-corrected chi connectivity index (χ1v) is 7.39. The smallest absolute Gasteiger partial charge is 0.123 e. The van der Waals surface area contributed by atoms with Gasteiger partial charge in [0.2, 0.25) is 0 Å². The van der Waals surface area contributed by atoms with Gasteiger partial charge >= 0.3 is 0 Å². The Balaban J connectivity index is 2.22. The summed E-state index contributed by atoms with van der Waals surface area (Å²) in [4.78, 5) is 2.41. The lowest BCUT2D eigenvalue weighted by molar-refractivity contribution is 0.404. The van der Waals surface area contributed by atoms with Crippen molar-refractivity contribution in [1.82, 2.24) is 0 Å². The Morgan fingerprint density at radius 1 is 1.47 bits per heavy atom. The molecule has 0 saturated carbocycles. The van der Waals surface area contributed by atoms with Crippen molar-refractivity contribution < 1.29 is 4.39 Å². The number of halogens is 1. The van der Waals surface area contributed by atoms with Gasteiger partial charge in [-0.15, -0.1) is 0 Å². The SMILES string of the molecule is CCC1CCCN(c2ccc(F)cc2CC(C)N)C1. The molecule has 1 aliphatic rings. The lowest BCUT2D eigenvalue weighted by Crippen LogP contribution is -2.36. The number of hydrogen-bond acceptors (Lipinski definition) is 2. The Morgan fingerprint density at radius 2 is 2.26 bits per heavy atom. The van der Waals surface area contributed by atoms with Crippen LogP contribution in [0.1, 0.15) is 38.7 Å². The van der Waals surface area contributed by atoms with Crippen molar-refractivity contribution in [3.8, 4) is 0 Å². The van der Waals surface area contributed by atoms with E-state index < -0.39 is 0 Å². The van der Waals surface area contributed by atoms with Crippen LogP contribution in [0.4, 0.5) is 10.1 Å². The molecule has 0 radical (unpaired) electrons. The first kappa shape index (κ1) is 14.3. The summed E-state index contributed by atoms with van der Waals surface area (Å²) in [7, 11) is 0. The van der Waals surface area contributed by atoms with E-state index in [1.54, 1.807) is 12.1 Å². The maximum absolute atomic E-state index is 13.4. The molecule has 2 rings (SSSR count). The summed E-state index contributed by atoms with van der Waals surface area (Å²) >= 11 is 0. The molecule has 2 unspecified atom stereocenters. The highest BCUT2D eigenvalue weighted by atomic mass is 19.1. The normalized spacial score (nSPS) is 21.5. The van der Waals surface area contributed by atoms with E-state index in [4.69, 9.17) is 5.73 Å². The van der Waals surface area contributed by atoms with Gasteiger partial charge < -0.3 is 10.6 Å². The van der Waals surface area contributed by atoms with E-state index in [-0.39, 0.29) is 11.9 Å². The van der Waals surface area contributed by atoms with Crippen molar-refractivity contribution in [2.75, 3.05) is 18.0 Å². The van der Waals surface area contributed by atoms with Crippen LogP contribution >= 0.6 is 0 Å². The molecule has 0 aliphatic carbocycles. The van der Waals surface area contributed by atoms with Gasteiger partial charge in [0.1, 0.15) is 5.82 Å². The van der Waals surface area contributed by atoms with Crippen LogP contribution in [0.25, 0.3) is 0 Å². The molecular formula is C16H25FN2. The fourth-order valence-corrected chi connectivity index (χ4v) is 2.99. The Kier molecular flexibility index (Phi) is 4.81. The molecule has 1 saturated heterocycles. The van der Waals surface area contributed by atoms with Crippen LogP contribution in [0.2, 0.25) is 0 Å². The first-order chi connectivity index (χ1) is 9.10. The van der Waals surface area contributed by atoms with Gasteiger partial charge in [-0.05, 0) is 55.9 Å². The maximum atomic E-state index is 13.4. The summed E-state index contributed by atoms with van der Waals surface area (Å²) in [6.07, 6.45) is 4.50. The predicted molar refractivity (Wildman–Crippen MR) is 79.0 cm³/mol. The van der Waals surface area contributed by atoms with Crippen LogP contribution in [0.5, 0.6) is 0 Å². The molecule has 2 atom stereocenters. The number of nitrogens with zero attached hydrogens (tertiary/aromatic N) is 1. The van der Waals surface area contributed by atoms with Crippen molar-refractivity contribution in [2.24, 2.45) is 11.7 Å². The Labute approximate surface area is 115 Å². The summed E-state index contributed by atoms with van der Waals surface area (Å²) in [5.74, 6) is 0.602. The monoisotopic (exact) mass is 264 g/mol. The van der Waals surface area contributed by atoms with E-state index in [1.165, 1.54) is 24.9 Å². The van der Waals surface area contributed by atoms with Crippen molar-refractivity contribution in [1.29, 1.82) is 0 Å². The van der Waals surface area contributed by atoms with Gasteiger partial charge in [-0.2, -0.15) is 0 Å². The summed E-state index contributed by atoms with van der Waals surface area (Å²) in [6, 6.07) is 5.20. The Hall–Kier alpha value is -1.09. The van der Waals surface area contributed by atoms with Gasteiger partial charge in [0, 0.05) is 24.8 Å². The molecule has 0 bridgehead atoms. The number of benzene rings is 1. The maximum Gasteiger partial charge on any atom is 0.123 e. The molecule has 106 valence electrons. The lowest BCUT2D eigenvalue weighted by Gasteiger charge is -2.35. The molecule has 2 nitrogen and oxygen atoms in total. The highest BCUT2D eigenvalue weighted by Gasteiger charge is 2.21. The van der Waals surface area contributed by atoms with Crippen LogP contribution in [0.3, 0.4) is 0 Å². The largest absolute Gasteiger partial charge is 0.371 e. The fraction of sp³-hybridized carbons (Fsp3) is 0.625. The fourth-order valence-electron chi connectivity index (χ4n) is 2.99. The minimum Gasteiger partial charge on any atom is -0.371 e. The van der Waals surface area contributed by atoms with Crippen LogP contribution in [0, 0.1) is 11.7 Å². The summed E-state index contributed by atoms with van der Waals surface area (Å²) in [6.45, 7) is 6.39. The van der Waals surface area contributed by atoms with Crippen LogP contribution in [0.15, 0.2) is 18.2 Å². The number of rotatable bonds is 4. The van der Waals surface area contributed by atoms with E-state index in [9.17, 15) is 4.39 Å². The molecule has 1 aromatic rings. The zero-order valence-corrected chi connectivity index (χ0v) is 12.0. The minimum atomic E-state index is -0.163. The molecule has 1 heterocycles. The van der Waals surface area contributed by atoms with E-state index >= 15 is 0 Å². The third-order valence-corrected chi connectivity index (χ3v) is 4.02. The second-order valence-corrected chi connectivity index (χ2v) is 5.82. The molecule has 1 fully saturated rings. The molecule has 1 aromatic carbocycles. The topological polar surface area (TPSA) is 29.3 Å². The highest BCUT2D eigenvalue weighted by Crippen LogP contribution is 2.28.